The van der Waals surface area contributed by atoms with Crippen LogP contribution in [0.2, 0.25) is 0 Å². The van der Waals surface area contributed by atoms with Crippen molar-refractivity contribution in [1.29, 1.82) is 5.26 Å². The van der Waals surface area contributed by atoms with Gasteiger partial charge in [0.15, 0.2) is 12.0 Å². The Labute approximate surface area is 110 Å². The molecule has 0 radical (unpaired) electrons. The maximum Gasteiger partial charge on any atom is 0.182 e. The monoisotopic (exact) mass is 250 g/mol. The minimum Gasteiger partial charge on any atom is -0.281 e. The van der Waals surface area contributed by atoms with Crippen molar-refractivity contribution in [3.8, 4) is 6.19 Å². The summed E-state index contributed by atoms with van der Waals surface area (Å²) in [5, 5.41) is 10.5. The molecule has 100 valence electrons. The van der Waals surface area contributed by atoms with E-state index in [1.807, 2.05) is 27.7 Å². The van der Waals surface area contributed by atoms with E-state index in [0.29, 0.717) is 11.7 Å². The summed E-state index contributed by atoms with van der Waals surface area (Å²) in [5.41, 5.74) is 2.42. The van der Waals surface area contributed by atoms with Crippen molar-refractivity contribution in [1.82, 2.24) is 10.7 Å². The highest BCUT2D eigenvalue weighted by molar-refractivity contribution is 5.81. The third-order valence-electron chi connectivity index (χ3n) is 1.36. The zero-order valence-corrected chi connectivity index (χ0v) is 11.9. The van der Waals surface area contributed by atoms with Crippen LogP contribution in [0.3, 0.4) is 0 Å². The van der Waals surface area contributed by atoms with Gasteiger partial charge in [0.2, 0.25) is 0 Å². The molecule has 0 amide bonds. The lowest BCUT2D eigenvalue weighted by molar-refractivity contribution is 0.827. The molecule has 6 nitrogen and oxygen atoms in total. The number of nitrogens with one attached hydrogen (secondary N) is 2. The Morgan fingerprint density at radius 3 is 1.89 bits per heavy atom. The van der Waals surface area contributed by atoms with E-state index in [2.05, 4.69) is 25.7 Å². The minimum atomic E-state index is 0.255. The number of amidine groups is 2. The Balaban J connectivity index is 0. The fourth-order valence-corrected chi connectivity index (χ4v) is 0.998. The van der Waals surface area contributed by atoms with Gasteiger partial charge < -0.3 is 0 Å². The molecule has 0 atom stereocenters. The van der Waals surface area contributed by atoms with Crippen LogP contribution in [0.4, 0.5) is 0 Å². The van der Waals surface area contributed by atoms with Crippen LogP contribution in [0.25, 0.3) is 4.95 Å². The molecular formula is C12H22N6. The summed E-state index contributed by atoms with van der Waals surface area (Å²) in [6.45, 7) is 17.8. The molecule has 0 aromatic rings. The second-order valence-electron chi connectivity index (χ2n) is 4.08. The molecule has 0 saturated carbocycles. The molecule has 0 saturated heterocycles. The molecule has 0 unspecified atom stereocenters. The zero-order chi connectivity index (χ0) is 14.6. The van der Waals surface area contributed by atoms with Crippen molar-refractivity contribution in [3.63, 3.8) is 0 Å². The maximum atomic E-state index is 8.11. The van der Waals surface area contributed by atoms with Crippen LogP contribution in [0, 0.1) is 18.0 Å². The molecular weight excluding hydrogens is 228 g/mol. The Hall–Kier alpha value is -2.08. The lowest BCUT2D eigenvalue weighted by atomic mass is 10.4. The fourth-order valence-electron chi connectivity index (χ4n) is 0.998. The largest absolute Gasteiger partial charge is 0.281 e. The quantitative estimate of drug-likeness (QED) is 0.197. The molecule has 0 aliphatic rings. The second kappa shape index (κ2) is 11.4. The molecule has 18 heavy (non-hydrogen) atoms. The molecule has 0 fully saturated rings. The lowest BCUT2D eigenvalue weighted by Gasteiger charge is -1.97. The van der Waals surface area contributed by atoms with Crippen molar-refractivity contribution in [2.75, 3.05) is 0 Å². The van der Waals surface area contributed by atoms with Crippen molar-refractivity contribution in [3.05, 3.63) is 11.5 Å². The average Bonchev–Trinajstić information content (AvgIpc) is 2.16. The summed E-state index contributed by atoms with van der Waals surface area (Å²) in [4.78, 5) is 11.1. The van der Waals surface area contributed by atoms with E-state index in [0.717, 1.165) is 0 Å². The van der Waals surface area contributed by atoms with Gasteiger partial charge in [-0.25, -0.2) is 0 Å². The second-order valence-corrected chi connectivity index (χ2v) is 4.08. The standard InChI is InChI=1S/2C6H11N3/c1-5(2)8-6(3)9-7-4;1-5(2)9-6(3)8-4-7/h2*5H,1-3H3,(H,8,9). The van der Waals surface area contributed by atoms with Gasteiger partial charge >= 0.3 is 0 Å². The Bertz CT molecular complexity index is 318. The normalized spacial score (nSPS) is 11.2. The highest BCUT2D eigenvalue weighted by atomic mass is 15.3. The Morgan fingerprint density at radius 1 is 1.11 bits per heavy atom. The number of nitrogens with zero attached hydrogens (tertiary/aromatic N) is 4. The smallest absolute Gasteiger partial charge is 0.182 e. The van der Waals surface area contributed by atoms with E-state index >= 15 is 0 Å². The summed E-state index contributed by atoms with van der Waals surface area (Å²) >= 11 is 0. The van der Waals surface area contributed by atoms with E-state index in [-0.39, 0.29) is 12.1 Å². The van der Waals surface area contributed by atoms with E-state index in [1.54, 1.807) is 20.0 Å². The van der Waals surface area contributed by atoms with Crippen LogP contribution in [-0.4, -0.2) is 23.8 Å². The fraction of sp³-hybridized carbons (Fsp3) is 0.667. The van der Waals surface area contributed by atoms with Crippen LogP contribution in [0.1, 0.15) is 41.5 Å². The van der Waals surface area contributed by atoms with Gasteiger partial charge in [-0.3, -0.25) is 15.3 Å². The molecule has 0 spiro atoms. The molecule has 0 rings (SSSR count). The first-order chi connectivity index (χ1) is 8.33. The summed E-state index contributed by atoms with van der Waals surface area (Å²) in [5.74, 6) is 1.35. The number of hydrogen-bond acceptors (Lipinski definition) is 3. The first kappa shape index (κ1) is 18.3. The number of aliphatic imine (C=N–C) groups is 2. The van der Waals surface area contributed by atoms with Crippen molar-refractivity contribution in [2.24, 2.45) is 9.98 Å². The summed E-state index contributed by atoms with van der Waals surface area (Å²) in [6.07, 6.45) is 1.79. The topological polar surface area (TPSA) is 76.9 Å². The van der Waals surface area contributed by atoms with E-state index < -0.39 is 0 Å². The van der Waals surface area contributed by atoms with Gasteiger partial charge in [0, 0.05) is 12.1 Å². The van der Waals surface area contributed by atoms with E-state index in [9.17, 15) is 0 Å². The van der Waals surface area contributed by atoms with Crippen LogP contribution < -0.4 is 10.7 Å². The van der Waals surface area contributed by atoms with Crippen molar-refractivity contribution < 1.29 is 0 Å². The van der Waals surface area contributed by atoms with Gasteiger partial charge in [0.1, 0.15) is 5.84 Å². The predicted octanol–water partition coefficient (Wildman–Crippen LogP) is 2.12. The lowest BCUT2D eigenvalue weighted by Crippen LogP contribution is -2.14. The molecule has 6 heteroatoms. The third kappa shape index (κ3) is 16.4. The highest BCUT2D eigenvalue weighted by Crippen LogP contribution is 1.85. The number of hydrogen-bond donors (Lipinski definition) is 2. The third-order valence-corrected chi connectivity index (χ3v) is 1.36. The van der Waals surface area contributed by atoms with Gasteiger partial charge in [0.25, 0.3) is 0 Å². The van der Waals surface area contributed by atoms with E-state index in [1.165, 1.54) is 0 Å². The van der Waals surface area contributed by atoms with Crippen LogP contribution >= 0.6 is 0 Å². The molecule has 0 aromatic carbocycles. The maximum absolute atomic E-state index is 8.11. The summed E-state index contributed by atoms with van der Waals surface area (Å²) < 4.78 is 0. The highest BCUT2D eigenvalue weighted by Gasteiger charge is 1.91. The average molecular weight is 250 g/mol. The zero-order valence-electron chi connectivity index (χ0n) is 11.9. The SMILES string of the molecule is CC(=NC(C)C)NC#N.[C-]#[N+]NC(C)=NC(C)C. The Kier molecular flexibility index (Phi) is 11.6. The minimum absolute atomic E-state index is 0.255. The van der Waals surface area contributed by atoms with Gasteiger partial charge in [-0.15, -0.1) is 0 Å². The first-order valence-corrected chi connectivity index (χ1v) is 5.69. The molecule has 2 N–H and O–H groups in total. The first-order valence-electron chi connectivity index (χ1n) is 5.69. The molecule has 0 aromatic heterocycles. The van der Waals surface area contributed by atoms with Crippen LogP contribution in [0.15, 0.2) is 9.98 Å². The number of rotatable bonds is 2. The Morgan fingerprint density at radius 2 is 1.56 bits per heavy atom. The predicted molar refractivity (Wildman–Crippen MR) is 75.0 cm³/mol. The number of nitriles is 1. The molecule has 0 aliphatic heterocycles. The molecule has 0 aliphatic carbocycles. The van der Waals surface area contributed by atoms with Crippen LogP contribution in [0.5, 0.6) is 0 Å². The van der Waals surface area contributed by atoms with Gasteiger partial charge in [0.05, 0.1) is 0 Å². The van der Waals surface area contributed by atoms with Crippen molar-refractivity contribution in [2.45, 2.75) is 53.6 Å². The summed E-state index contributed by atoms with van der Waals surface area (Å²) in [7, 11) is 0. The van der Waals surface area contributed by atoms with E-state index in [4.69, 9.17) is 11.8 Å². The molecule has 0 bridgehead atoms. The van der Waals surface area contributed by atoms with Crippen LogP contribution in [-0.2, 0) is 0 Å². The van der Waals surface area contributed by atoms with Gasteiger partial charge in [-0.05, 0) is 41.5 Å². The summed E-state index contributed by atoms with van der Waals surface area (Å²) in [6, 6.07) is 0.519. The van der Waals surface area contributed by atoms with Gasteiger partial charge in [-0.1, -0.05) is 5.43 Å². The van der Waals surface area contributed by atoms with Gasteiger partial charge in [-0.2, -0.15) is 16.8 Å². The molecule has 0 heterocycles. The van der Waals surface area contributed by atoms with Crippen molar-refractivity contribution >= 4 is 11.7 Å².